The van der Waals surface area contributed by atoms with Crippen molar-refractivity contribution in [3.63, 3.8) is 0 Å². The quantitative estimate of drug-likeness (QED) is 0.709. The van der Waals surface area contributed by atoms with Crippen LogP contribution in [0.1, 0.15) is 47.0 Å². The monoisotopic (exact) mass is 320 g/mol. The van der Waals surface area contributed by atoms with Gasteiger partial charge in [0.2, 0.25) is 11.8 Å². The second kappa shape index (κ2) is 9.87. The number of amides is 2. The molecule has 0 saturated heterocycles. The van der Waals surface area contributed by atoms with Crippen molar-refractivity contribution in [3.8, 4) is 5.75 Å². The van der Waals surface area contributed by atoms with Crippen LogP contribution >= 0.6 is 0 Å². The van der Waals surface area contributed by atoms with E-state index in [9.17, 15) is 9.59 Å². The highest BCUT2D eigenvalue weighted by atomic mass is 16.5. The third-order valence-corrected chi connectivity index (χ3v) is 3.32. The Morgan fingerprint density at radius 3 is 2.35 bits per heavy atom. The van der Waals surface area contributed by atoms with Crippen molar-refractivity contribution in [2.45, 2.75) is 53.1 Å². The van der Waals surface area contributed by atoms with Gasteiger partial charge in [-0.15, -0.1) is 0 Å². The van der Waals surface area contributed by atoms with Gasteiger partial charge in [0.15, 0.2) is 0 Å². The molecule has 0 unspecified atom stereocenters. The smallest absolute Gasteiger partial charge is 0.243 e. The minimum absolute atomic E-state index is 0.0723. The predicted octanol–water partition coefficient (Wildman–Crippen LogP) is 3.45. The third kappa shape index (κ3) is 7.68. The number of anilines is 1. The summed E-state index contributed by atoms with van der Waals surface area (Å²) in [5.41, 5.74) is 0.697. The maximum Gasteiger partial charge on any atom is 0.243 e. The van der Waals surface area contributed by atoms with Crippen molar-refractivity contribution in [1.82, 2.24) is 4.90 Å². The molecule has 1 aromatic carbocycles. The molecule has 0 aliphatic heterocycles. The van der Waals surface area contributed by atoms with E-state index in [1.165, 1.54) is 6.92 Å². The number of carbonyl (C=O) groups is 2. The standard InChI is InChI=1S/C18H28N2O3/c1-5-6-7-12-20(15(4)21)13-18(22)19-16-8-10-17(11-9-16)23-14(2)3/h8-11,14H,5-7,12-13H2,1-4H3,(H,19,22). The van der Waals surface area contributed by atoms with Crippen LogP contribution in [0.25, 0.3) is 0 Å². The summed E-state index contributed by atoms with van der Waals surface area (Å²) >= 11 is 0. The van der Waals surface area contributed by atoms with Crippen molar-refractivity contribution >= 4 is 17.5 Å². The Balaban J connectivity index is 2.51. The van der Waals surface area contributed by atoms with Crippen molar-refractivity contribution < 1.29 is 14.3 Å². The van der Waals surface area contributed by atoms with E-state index in [1.54, 1.807) is 17.0 Å². The van der Waals surface area contributed by atoms with Gasteiger partial charge in [0.1, 0.15) is 5.75 Å². The van der Waals surface area contributed by atoms with Gasteiger partial charge < -0.3 is 15.0 Å². The maximum absolute atomic E-state index is 12.1. The molecule has 0 fully saturated rings. The van der Waals surface area contributed by atoms with E-state index >= 15 is 0 Å². The SMILES string of the molecule is CCCCCN(CC(=O)Nc1ccc(OC(C)C)cc1)C(C)=O. The first-order chi connectivity index (χ1) is 10.9. The fourth-order valence-electron chi connectivity index (χ4n) is 2.16. The second-order valence-electron chi connectivity index (χ2n) is 5.89. The molecule has 0 atom stereocenters. The number of rotatable bonds is 9. The van der Waals surface area contributed by atoms with Gasteiger partial charge in [0.25, 0.3) is 0 Å². The summed E-state index contributed by atoms with van der Waals surface area (Å²) in [5, 5.41) is 2.81. The Morgan fingerprint density at radius 1 is 1.17 bits per heavy atom. The third-order valence-electron chi connectivity index (χ3n) is 3.32. The molecule has 23 heavy (non-hydrogen) atoms. The van der Waals surface area contributed by atoms with Gasteiger partial charge in [-0.2, -0.15) is 0 Å². The summed E-state index contributed by atoms with van der Waals surface area (Å²) in [6, 6.07) is 7.23. The molecule has 0 saturated carbocycles. The summed E-state index contributed by atoms with van der Waals surface area (Å²) in [4.78, 5) is 25.3. The van der Waals surface area contributed by atoms with Gasteiger partial charge in [-0.25, -0.2) is 0 Å². The van der Waals surface area contributed by atoms with E-state index in [2.05, 4.69) is 12.2 Å². The van der Waals surface area contributed by atoms with Crippen LogP contribution in [0.3, 0.4) is 0 Å². The average molecular weight is 320 g/mol. The molecule has 128 valence electrons. The van der Waals surface area contributed by atoms with Crippen LogP contribution in [0.2, 0.25) is 0 Å². The Hall–Kier alpha value is -2.04. The summed E-state index contributed by atoms with van der Waals surface area (Å²) in [6.45, 7) is 8.24. The van der Waals surface area contributed by atoms with Crippen LogP contribution < -0.4 is 10.1 Å². The molecule has 5 nitrogen and oxygen atoms in total. The summed E-state index contributed by atoms with van der Waals surface area (Å²) < 4.78 is 5.56. The van der Waals surface area contributed by atoms with Crippen molar-refractivity contribution in [1.29, 1.82) is 0 Å². The van der Waals surface area contributed by atoms with Gasteiger partial charge >= 0.3 is 0 Å². The summed E-state index contributed by atoms with van der Waals surface area (Å²) in [6.07, 6.45) is 3.18. The molecular formula is C18H28N2O3. The van der Waals surface area contributed by atoms with Crippen LogP contribution in [0, 0.1) is 0 Å². The Labute approximate surface area is 139 Å². The molecule has 1 rings (SSSR count). The molecule has 0 bridgehead atoms. The molecule has 0 aromatic heterocycles. The van der Waals surface area contributed by atoms with Gasteiger partial charge in [0, 0.05) is 19.2 Å². The maximum atomic E-state index is 12.1. The number of unbranched alkanes of at least 4 members (excludes halogenated alkanes) is 2. The average Bonchev–Trinajstić information content (AvgIpc) is 2.47. The highest BCUT2D eigenvalue weighted by Gasteiger charge is 2.13. The molecule has 5 heteroatoms. The minimum atomic E-state index is -0.186. The number of carbonyl (C=O) groups excluding carboxylic acids is 2. The van der Waals surface area contributed by atoms with Gasteiger partial charge in [-0.1, -0.05) is 19.8 Å². The second-order valence-corrected chi connectivity index (χ2v) is 5.89. The zero-order valence-corrected chi connectivity index (χ0v) is 14.6. The normalized spacial score (nSPS) is 10.5. The molecule has 2 amide bonds. The van der Waals surface area contributed by atoms with Crippen LogP contribution in [-0.2, 0) is 9.59 Å². The lowest BCUT2D eigenvalue weighted by atomic mass is 10.2. The fraction of sp³-hybridized carbons (Fsp3) is 0.556. The Morgan fingerprint density at radius 2 is 1.83 bits per heavy atom. The predicted molar refractivity (Wildman–Crippen MR) is 92.6 cm³/mol. The van der Waals surface area contributed by atoms with E-state index in [0.717, 1.165) is 25.0 Å². The van der Waals surface area contributed by atoms with Gasteiger partial charge in [-0.3, -0.25) is 9.59 Å². The van der Waals surface area contributed by atoms with Crippen LogP contribution in [-0.4, -0.2) is 35.9 Å². The van der Waals surface area contributed by atoms with E-state index in [0.29, 0.717) is 12.2 Å². The van der Waals surface area contributed by atoms with Crippen LogP contribution in [0.4, 0.5) is 5.69 Å². The van der Waals surface area contributed by atoms with Gasteiger partial charge in [-0.05, 0) is 44.5 Å². The van der Waals surface area contributed by atoms with E-state index in [-0.39, 0.29) is 24.5 Å². The molecule has 0 heterocycles. The zero-order chi connectivity index (χ0) is 17.2. The number of hydrogen-bond acceptors (Lipinski definition) is 3. The molecule has 0 aliphatic rings. The van der Waals surface area contributed by atoms with Gasteiger partial charge in [0.05, 0.1) is 12.6 Å². The number of nitrogens with one attached hydrogen (secondary N) is 1. The summed E-state index contributed by atoms with van der Waals surface area (Å²) in [7, 11) is 0. The molecule has 0 radical (unpaired) electrons. The molecule has 1 aromatic rings. The van der Waals surface area contributed by atoms with Crippen molar-refractivity contribution in [3.05, 3.63) is 24.3 Å². The zero-order valence-electron chi connectivity index (χ0n) is 14.6. The van der Waals surface area contributed by atoms with E-state index in [1.807, 2.05) is 26.0 Å². The highest BCUT2D eigenvalue weighted by molar-refractivity contribution is 5.94. The van der Waals surface area contributed by atoms with E-state index in [4.69, 9.17) is 4.74 Å². The largest absolute Gasteiger partial charge is 0.491 e. The molecule has 0 aliphatic carbocycles. The van der Waals surface area contributed by atoms with Crippen molar-refractivity contribution in [2.75, 3.05) is 18.4 Å². The van der Waals surface area contributed by atoms with Crippen LogP contribution in [0.15, 0.2) is 24.3 Å². The number of ether oxygens (including phenoxy) is 1. The first-order valence-electron chi connectivity index (χ1n) is 8.24. The minimum Gasteiger partial charge on any atom is -0.491 e. The first-order valence-corrected chi connectivity index (χ1v) is 8.24. The Kier molecular flexibility index (Phi) is 8.16. The summed E-state index contributed by atoms with van der Waals surface area (Å²) in [5.74, 6) is 0.508. The number of nitrogens with zero attached hydrogens (tertiary/aromatic N) is 1. The fourth-order valence-corrected chi connectivity index (χ4v) is 2.16. The number of benzene rings is 1. The lowest BCUT2D eigenvalue weighted by Gasteiger charge is -2.20. The van der Waals surface area contributed by atoms with E-state index < -0.39 is 0 Å². The number of hydrogen-bond donors (Lipinski definition) is 1. The lowest BCUT2D eigenvalue weighted by molar-refractivity contribution is -0.132. The molecule has 0 spiro atoms. The van der Waals surface area contributed by atoms with Crippen molar-refractivity contribution in [2.24, 2.45) is 0 Å². The Bertz CT molecular complexity index is 497. The van der Waals surface area contributed by atoms with Crippen LogP contribution in [0.5, 0.6) is 5.75 Å². The highest BCUT2D eigenvalue weighted by Crippen LogP contribution is 2.16. The molecule has 1 N–H and O–H groups in total. The lowest BCUT2D eigenvalue weighted by Crippen LogP contribution is -2.37. The first kappa shape index (κ1) is 19.0. The molecular weight excluding hydrogens is 292 g/mol. The topological polar surface area (TPSA) is 58.6 Å².